The third-order valence-corrected chi connectivity index (χ3v) is 8.86. The molecule has 0 heterocycles. The summed E-state index contributed by atoms with van der Waals surface area (Å²) in [5, 5.41) is 3.70. The maximum atomic E-state index is 14.2. The molecule has 0 saturated heterocycles. The summed E-state index contributed by atoms with van der Waals surface area (Å²) in [6.07, 6.45) is 0.286. The summed E-state index contributed by atoms with van der Waals surface area (Å²) in [7, 11) is -2.71. The van der Waals surface area contributed by atoms with Gasteiger partial charge in [0.1, 0.15) is 18.3 Å². The van der Waals surface area contributed by atoms with E-state index in [1.165, 1.54) is 24.1 Å². The highest BCUT2D eigenvalue weighted by Crippen LogP contribution is 2.28. The fourth-order valence-electron chi connectivity index (χ4n) is 4.32. The molecule has 0 aliphatic rings. The molecule has 8 nitrogen and oxygen atoms in total. The van der Waals surface area contributed by atoms with Crippen LogP contribution in [0.3, 0.4) is 0 Å². The lowest BCUT2D eigenvalue weighted by Crippen LogP contribution is -2.55. The Labute approximate surface area is 258 Å². The van der Waals surface area contributed by atoms with E-state index in [0.717, 1.165) is 9.87 Å². The second-order valence-electron chi connectivity index (χ2n) is 10.9. The fourth-order valence-corrected chi connectivity index (χ4v) is 6.20. The fraction of sp³-hybridized carbons (Fsp3) is 0.355. The number of methoxy groups -OCH3 is 1. The molecule has 3 rings (SSSR count). The minimum absolute atomic E-state index is 0.0125. The molecule has 0 saturated carbocycles. The molecule has 3 aromatic rings. The largest absolute Gasteiger partial charge is 0.497 e. The molecule has 0 bridgehead atoms. The summed E-state index contributed by atoms with van der Waals surface area (Å²) in [6, 6.07) is 16.8. The molecule has 226 valence electrons. The van der Waals surface area contributed by atoms with E-state index in [2.05, 4.69) is 5.32 Å². The van der Waals surface area contributed by atoms with E-state index in [-0.39, 0.29) is 23.8 Å². The van der Waals surface area contributed by atoms with Crippen molar-refractivity contribution in [3.05, 3.63) is 87.9 Å². The van der Waals surface area contributed by atoms with E-state index in [0.29, 0.717) is 27.0 Å². The molecule has 0 spiro atoms. The number of sulfonamides is 1. The summed E-state index contributed by atoms with van der Waals surface area (Å²) < 4.78 is 34.2. The van der Waals surface area contributed by atoms with Crippen LogP contribution in [0.25, 0.3) is 0 Å². The Bertz CT molecular complexity index is 1510. The lowest BCUT2D eigenvalue weighted by Gasteiger charge is -2.35. The number of nitrogens with one attached hydrogen (secondary N) is 1. The van der Waals surface area contributed by atoms with Crippen molar-refractivity contribution in [2.45, 2.75) is 64.1 Å². The highest BCUT2D eigenvalue weighted by Gasteiger charge is 2.35. The number of hydrogen-bond donors (Lipinski definition) is 1. The first-order valence-electron chi connectivity index (χ1n) is 13.4. The van der Waals surface area contributed by atoms with Crippen molar-refractivity contribution in [2.75, 3.05) is 18.0 Å². The van der Waals surface area contributed by atoms with Gasteiger partial charge in [-0.3, -0.25) is 13.9 Å². The van der Waals surface area contributed by atoms with Gasteiger partial charge < -0.3 is 15.0 Å². The minimum Gasteiger partial charge on any atom is -0.497 e. The second-order valence-corrected chi connectivity index (χ2v) is 13.6. The average molecular weight is 635 g/mol. The Morgan fingerprint density at radius 3 is 2.12 bits per heavy atom. The summed E-state index contributed by atoms with van der Waals surface area (Å²) in [5.41, 5.74) is 1.25. The van der Waals surface area contributed by atoms with Crippen molar-refractivity contribution in [3.8, 4) is 5.75 Å². The molecule has 0 aliphatic heterocycles. The monoisotopic (exact) mass is 633 g/mol. The normalized spacial score (nSPS) is 12.4. The van der Waals surface area contributed by atoms with Crippen LogP contribution in [0.2, 0.25) is 10.0 Å². The van der Waals surface area contributed by atoms with E-state index in [1.807, 2.05) is 27.7 Å². The predicted molar refractivity (Wildman–Crippen MR) is 168 cm³/mol. The number of hydrogen-bond acceptors (Lipinski definition) is 5. The zero-order valence-electron chi connectivity index (χ0n) is 24.6. The van der Waals surface area contributed by atoms with Gasteiger partial charge in [-0.15, -0.1) is 0 Å². The van der Waals surface area contributed by atoms with Crippen molar-refractivity contribution in [3.63, 3.8) is 0 Å². The van der Waals surface area contributed by atoms with Crippen LogP contribution in [0.1, 0.15) is 45.2 Å². The highest BCUT2D eigenvalue weighted by atomic mass is 35.5. The van der Waals surface area contributed by atoms with Gasteiger partial charge in [-0.25, -0.2) is 8.42 Å². The van der Waals surface area contributed by atoms with Gasteiger partial charge in [-0.05, 0) is 88.2 Å². The van der Waals surface area contributed by atoms with Crippen molar-refractivity contribution < 1.29 is 22.7 Å². The molecule has 0 fully saturated rings. The summed E-state index contributed by atoms with van der Waals surface area (Å²) in [6.45, 7) is 8.63. The second kappa shape index (κ2) is 13.8. The molecule has 0 aromatic heterocycles. The third-order valence-electron chi connectivity index (χ3n) is 6.49. The number of ether oxygens (including phenoxy) is 1. The third kappa shape index (κ3) is 8.40. The number of aryl methyl sites for hydroxylation is 1. The van der Waals surface area contributed by atoms with Crippen LogP contribution in [0.5, 0.6) is 5.75 Å². The van der Waals surface area contributed by atoms with Crippen LogP contribution in [-0.4, -0.2) is 50.4 Å². The molecule has 1 N–H and O–H groups in total. The Hall–Kier alpha value is -3.27. The number of carbonyl (C=O) groups excluding carboxylic acids is 2. The van der Waals surface area contributed by atoms with E-state index in [9.17, 15) is 18.0 Å². The van der Waals surface area contributed by atoms with Gasteiger partial charge >= 0.3 is 0 Å². The van der Waals surface area contributed by atoms with E-state index >= 15 is 0 Å². The smallest absolute Gasteiger partial charge is 0.264 e. The van der Waals surface area contributed by atoms with Crippen LogP contribution in [0.4, 0.5) is 5.69 Å². The van der Waals surface area contributed by atoms with Crippen molar-refractivity contribution in [1.29, 1.82) is 0 Å². The van der Waals surface area contributed by atoms with Crippen LogP contribution in [-0.2, 0) is 26.2 Å². The van der Waals surface area contributed by atoms with Crippen molar-refractivity contribution in [2.24, 2.45) is 0 Å². The zero-order chi connectivity index (χ0) is 31.2. The number of amides is 2. The first-order valence-corrected chi connectivity index (χ1v) is 15.6. The quantitative estimate of drug-likeness (QED) is 0.270. The van der Waals surface area contributed by atoms with Crippen LogP contribution in [0.15, 0.2) is 71.6 Å². The number of rotatable bonds is 11. The predicted octanol–water partition coefficient (Wildman–Crippen LogP) is 6.23. The first kappa shape index (κ1) is 33.2. The summed E-state index contributed by atoms with van der Waals surface area (Å²) in [4.78, 5) is 29.0. The minimum atomic E-state index is -4.20. The van der Waals surface area contributed by atoms with Crippen LogP contribution < -0.4 is 14.4 Å². The molecule has 0 radical (unpaired) electrons. The van der Waals surface area contributed by atoms with Gasteiger partial charge in [0.25, 0.3) is 10.0 Å². The van der Waals surface area contributed by atoms with Crippen LogP contribution >= 0.6 is 23.2 Å². The first-order chi connectivity index (χ1) is 19.7. The Morgan fingerprint density at radius 1 is 0.976 bits per heavy atom. The standard InChI is InChI=1S/C31H37Cl2N3O5S/c1-7-28(30(38)34-31(3,4)5)35(19-22-10-11-23(32)18-27(22)33)29(37)20-36(24-12-8-21(2)9-13-24)42(39,40)26-16-14-25(41-6)15-17-26/h8-18,28H,7,19-20H2,1-6H3,(H,34,38)/t28-/m1/s1. The number of halogens is 2. The lowest BCUT2D eigenvalue weighted by atomic mass is 10.1. The summed E-state index contributed by atoms with van der Waals surface area (Å²) >= 11 is 12.6. The van der Waals surface area contributed by atoms with Gasteiger partial charge in [-0.2, -0.15) is 0 Å². The maximum absolute atomic E-state index is 14.2. The number of anilines is 1. The van der Waals surface area contributed by atoms with Crippen molar-refractivity contribution >= 4 is 50.7 Å². The van der Waals surface area contributed by atoms with Gasteiger partial charge in [0.05, 0.1) is 17.7 Å². The number of carbonyl (C=O) groups is 2. The molecule has 11 heteroatoms. The molecule has 2 amide bonds. The topological polar surface area (TPSA) is 96.0 Å². The molecule has 42 heavy (non-hydrogen) atoms. The maximum Gasteiger partial charge on any atom is 0.264 e. The Morgan fingerprint density at radius 2 is 1.60 bits per heavy atom. The van der Waals surface area contributed by atoms with Gasteiger partial charge in [0, 0.05) is 22.1 Å². The highest BCUT2D eigenvalue weighted by molar-refractivity contribution is 7.92. The summed E-state index contributed by atoms with van der Waals surface area (Å²) in [5.74, 6) is -0.438. The molecule has 3 aromatic carbocycles. The van der Waals surface area contributed by atoms with Crippen molar-refractivity contribution in [1.82, 2.24) is 10.2 Å². The van der Waals surface area contributed by atoms with Gasteiger partial charge in [0.2, 0.25) is 11.8 Å². The average Bonchev–Trinajstić information content (AvgIpc) is 2.92. The van der Waals surface area contributed by atoms with E-state index < -0.39 is 34.1 Å². The Balaban J connectivity index is 2.09. The van der Waals surface area contributed by atoms with E-state index in [4.69, 9.17) is 27.9 Å². The van der Waals surface area contributed by atoms with Gasteiger partial charge in [-0.1, -0.05) is 53.9 Å². The number of nitrogens with zero attached hydrogens (tertiary/aromatic N) is 2. The van der Waals surface area contributed by atoms with Gasteiger partial charge in [0.15, 0.2) is 0 Å². The molecular formula is C31H37Cl2N3O5S. The zero-order valence-corrected chi connectivity index (χ0v) is 27.0. The van der Waals surface area contributed by atoms with Crippen LogP contribution in [0, 0.1) is 6.92 Å². The SMILES string of the molecule is CC[C@H](C(=O)NC(C)(C)C)N(Cc1ccc(Cl)cc1Cl)C(=O)CN(c1ccc(C)cc1)S(=O)(=O)c1ccc(OC)cc1. The number of benzene rings is 3. The molecule has 1 atom stereocenters. The molecular weight excluding hydrogens is 597 g/mol. The molecule has 0 aliphatic carbocycles. The van der Waals surface area contributed by atoms with E-state index in [1.54, 1.807) is 61.5 Å². The molecule has 0 unspecified atom stereocenters. The Kier molecular flexibility index (Phi) is 10.9. The lowest BCUT2D eigenvalue weighted by molar-refractivity contribution is -0.141.